The van der Waals surface area contributed by atoms with Crippen LogP contribution < -0.4 is 0 Å². The molecule has 0 aromatic carbocycles. The average Bonchev–Trinajstić information content (AvgIpc) is 1.94. The molecule has 0 unspecified atom stereocenters. The zero-order valence-electron chi connectivity index (χ0n) is 8.11. The fourth-order valence-electron chi connectivity index (χ4n) is 1.10. The number of hydrogen-bond donors (Lipinski definition) is 2. The van der Waals surface area contributed by atoms with E-state index in [2.05, 4.69) is 6.92 Å². The van der Waals surface area contributed by atoms with Crippen LogP contribution in [0.2, 0.25) is 0 Å². The van der Waals surface area contributed by atoms with E-state index in [1.54, 1.807) is 0 Å². The maximum absolute atomic E-state index is 10.4. The van der Waals surface area contributed by atoms with E-state index in [4.69, 9.17) is 9.79 Å². The topological polar surface area (TPSA) is 57.5 Å². The van der Waals surface area contributed by atoms with Gasteiger partial charge >= 0.3 is 37.2 Å². The first-order valence-corrected chi connectivity index (χ1v) is 6.40. The Labute approximate surface area is 115 Å². The molecule has 0 radical (unpaired) electrons. The van der Waals surface area contributed by atoms with Gasteiger partial charge in [-0.1, -0.05) is 39.0 Å². The van der Waals surface area contributed by atoms with Gasteiger partial charge in [0.05, 0.1) is 0 Å². The standard InChI is InChI=1S/C8H19O3P.ClH.Na.H/c1-2-3-4-5-6-7-8-12(9,10)11;;;/h2-8H2,1H3,(H2,9,10,11);1H;;. The Morgan fingerprint density at radius 1 is 1.00 bits per heavy atom. The summed E-state index contributed by atoms with van der Waals surface area (Å²) in [6.07, 6.45) is 6.40. The molecule has 0 bridgehead atoms. The van der Waals surface area contributed by atoms with E-state index in [9.17, 15) is 4.57 Å². The molecule has 0 fully saturated rings. The quantitative estimate of drug-likeness (QED) is 0.416. The van der Waals surface area contributed by atoms with Crippen molar-refractivity contribution in [2.24, 2.45) is 0 Å². The molecule has 3 nitrogen and oxygen atoms in total. The molecule has 0 atom stereocenters. The van der Waals surface area contributed by atoms with Gasteiger partial charge in [0.1, 0.15) is 0 Å². The van der Waals surface area contributed by atoms with E-state index in [-0.39, 0.29) is 48.1 Å². The van der Waals surface area contributed by atoms with E-state index in [0.29, 0.717) is 6.42 Å². The molecule has 0 aromatic heterocycles. The third-order valence-electron chi connectivity index (χ3n) is 1.80. The maximum atomic E-state index is 10.4. The van der Waals surface area contributed by atoms with Crippen molar-refractivity contribution < 1.29 is 14.4 Å². The summed E-state index contributed by atoms with van der Waals surface area (Å²) in [4.78, 5) is 17.1. The van der Waals surface area contributed by atoms with Crippen LogP contribution in [-0.4, -0.2) is 45.5 Å². The molecule has 84 valence electrons. The van der Waals surface area contributed by atoms with E-state index in [1.807, 2.05) is 0 Å². The SMILES string of the molecule is CCCCCCCCP(=O)(O)O.Cl.[NaH]. The third kappa shape index (κ3) is 19.1. The molecule has 0 heterocycles. The van der Waals surface area contributed by atoms with Gasteiger partial charge in [0.15, 0.2) is 0 Å². The van der Waals surface area contributed by atoms with Gasteiger partial charge in [-0.15, -0.1) is 12.4 Å². The Kier molecular flexibility index (Phi) is 18.6. The first-order chi connectivity index (χ1) is 5.56. The van der Waals surface area contributed by atoms with Gasteiger partial charge < -0.3 is 9.79 Å². The van der Waals surface area contributed by atoms with Crippen LogP contribution >= 0.6 is 20.0 Å². The van der Waals surface area contributed by atoms with Crippen molar-refractivity contribution in [3.05, 3.63) is 0 Å². The predicted molar refractivity (Wildman–Crippen MR) is 64.7 cm³/mol. The van der Waals surface area contributed by atoms with Crippen molar-refractivity contribution >= 4 is 49.6 Å². The fraction of sp³-hybridized carbons (Fsp3) is 1.00. The van der Waals surface area contributed by atoms with Gasteiger partial charge in [-0.05, 0) is 6.42 Å². The monoisotopic (exact) mass is 254 g/mol. The van der Waals surface area contributed by atoms with Crippen LogP contribution in [0.25, 0.3) is 0 Å². The molecule has 0 rings (SSSR count). The molecule has 0 saturated heterocycles. The summed E-state index contributed by atoms with van der Waals surface area (Å²) in [5, 5.41) is 0. The normalized spacial score (nSPS) is 10.2. The summed E-state index contributed by atoms with van der Waals surface area (Å²) < 4.78 is 10.4. The molecular weight excluding hydrogens is 234 g/mol. The molecular formula is C8H21ClNaO3P. The Balaban J connectivity index is -0.000000605. The van der Waals surface area contributed by atoms with E-state index in [1.165, 1.54) is 19.3 Å². The summed E-state index contributed by atoms with van der Waals surface area (Å²) in [5.74, 6) is 0. The third-order valence-corrected chi connectivity index (χ3v) is 2.70. The van der Waals surface area contributed by atoms with Crippen LogP contribution in [0, 0.1) is 0 Å². The van der Waals surface area contributed by atoms with Crippen LogP contribution in [0.1, 0.15) is 45.4 Å². The molecule has 0 aromatic rings. The summed E-state index contributed by atoms with van der Waals surface area (Å²) >= 11 is 0. The van der Waals surface area contributed by atoms with Gasteiger partial charge in [-0.2, -0.15) is 0 Å². The number of rotatable bonds is 7. The van der Waals surface area contributed by atoms with Crippen molar-refractivity contribution in [2.75, 3.05) is 6.16 Å². The minimum atomic E-state index is -3.72. The second-order valence-electron chi connectivity index (χ2n) is 3.16. The van der Waals surface area contributed by atoms with Gasteiger partial charge in [-0.25, -0.2) is 0 Å². The average molecular weight is 255 g/mol. The van der Waals surface area contributed by atoms with Crippen LogP contribution in [0.5, 0.6) is 0 Å². The van der Waals surface area contributed by atoms with Crippen molar-refractivity contribution in [1.29, 1.82) is 0 Å². The van der Waals surface area contributed by atoms with Crippen LogP contribution in [0.3, 0.4) is 0 Å². The van der Waals surface area contributed by atoms with E-state index < -0.39 is 7.60 Å². The Morgan fingerprint density at radius 3 is 1.86 bits per heavy atom. The molecule has 0 aliphatic carbocycles. The van der Waals surface area contributed by atoms with Crippen LogP contribution in [0.4, 0.5) is 0 Å². The summed E-state index contributed by atoms with van der Waals surface area (Å²) in [6, 6.07) is 0. The Hall–Kier alpha value is 1.44. The van der Waals surface area contributed by atoms with Crippen molar-refractivity contribution in [3.63, 3.8) is 0 Å². The van der Waals surface area contributed by atoms with E-state index >= 15 is 0 Å². The van der Waals surface area contributed by atoms with Crippen LogP contribution in [-0.2, 0) is 4.57 Å². The number of unbranched alkanes of at least 4 members (excludes halogenated alkanes) is 5. The molecule has 0 spiro atoms. The van der Waals surface area contributed by atoms with Crippen molar-refractivity contribution in [1.82, 2.24) is 0 Å². The Bertz CT molecular complexity index is 152. The first-order valence-electron chi connectivity index (χ1n) is 4.61. The second-order valence-corrected chi connectivity index (χ2v) is 4.93. The second kappa shape index (κ2) is 12.5. The van der Waals surface area contributed by atoms with Gasteiger partial charge in [0.2, 0.25) is 0 Å². The molecule has 0 saturated carbocycles. The molecule has 6 heteroatoms. The predicted octanol–water partition coefficient (Wildman–Crippen LogP) is 2.30. The molecule has 0 aliphatic rings. The van der Waals surface area contributed by atoms with Crippen molar-refractivity contribution in [3.8, 4) is 0 Å². The summed E-state index contributed by atoms with van der Waals surface area (Å²) in [7, 11) is -3.72. The number of halogens is 1. The minimum absolute atomic E-state index is 0. The zero-order valence-corrected chi connectivity index (χ0v) is 9.82. The molecule has 2 N–H and O–H groups in total. The Morgan fingerprint density at radius 2 is 1.43 bits per heavy atom. The summed E-state index contributed by atoms with van der Waals surface area (Å²) in [6.45, 7) is 2.15. The molecule has 0 amide bonds. The first kappa shape index (κ1) is 20.8. The van der Waals surface area contributed by atoms with E-state index in [0.717, 1.165) is 12.8 Å². The van der Waals surface area contributed by atoms with Gasteiger partial charge in [0, 0.05) is 6.16 Å². The summed E-state index contributed by atoms with van der Waals surface area (Å²) in [5.41, 5.74) is 0. The number of hydrogen-bond acceptors (Lipinski definition) is 1. The fourth-order valence-corrected chi connectivity index (χ4v) is 1.73. The zero-order chi connectivity index (χ0) is 9.45. The van der Waals surface area contributed by atoms with Gasteiger partial charge in [0.25, 0.3) is 0 Å². The molecule has 14 heavy (non-hydrogen) atoms. The van der Waals surface area contributed by atoms with Gasteiger partial charge in [-0.3, -0.25) is 4.57 Å². The van der Waals surface area contributed by atoms with Crippen LogP contribution in [0.15, 0.2) is 0 Å². The molecule has 0 aliphatic heterocycles. The van der Waals surface area contributed by atoms with Crippen molar-refractivity contribution in [2.45, 2.75) is 45.4 Å².